The summed E-state index contributed by atoms with van der Waals surface area (Å²) in [6.45, 7) is 5.35. The maximum absolute atomic E-state index is 13.1. The number of morpholine rings is 1. The minimum Gasteiger partial charge on any atom is -0.392 e. The van der Waals surface area contributed by atoms with Crippen molar-refractivity contribution in [2.24, 2.45) is 0 Å². The standard InChI is InChI=1S/C13H18FNO2/c1-9-8-17-10(2)6-15(9)13-4-3-12(14)5-11(13)7-16/h3-5,9-10,16H,6-8H2,1-2H3. The lowest BCUT2D eigenvalue weighted by Gasteiger charge is -2.39. The monoisotopic (exact) mass is 239 g/mol. The van der Waals surface area contributed by atoms with Gasteiger partial charge in [-0.05, 0) is 32.0 Å². The van der Waals surface area contributed by atoms with Gasteiger partial charge in [-0.3, -0.25) is 0 Å². The van der Waals surface area contributed by atoms with Gasteiger partial charge in [0, 0.05) is 23.8 Å². The van der Waals surface area contributed by atoms with Gasteiger partial charge in [-0.15, -0.1) is 0 Å². The molecule has 0 amide bonds. The molecule has 2 rings (SSSR count). The van der Waals surface area contributed by atoms with Gasteiger partial charge in [0.05, 0.1) is 19.3 Å². The molecular weight excluding hydrogens is 221 g/mol. The van der Waals surface area contributed by atoms with Gasteiger partial charge in [-0.2, -0.15) is 0 Å². The Hall–Kier alpha value is -1.13. The summed E-state index contributed by atoms with van der Waals surface area (Å²) in [5.41, 5.74) is 1.53. The maximum atomic E-state index is 13.1. The Kier molecular flexibility index (Phi) is 3.64. The molecule has 0 saturated carbocycles. The molecule has 0 aromatic heterocycles. The molecule has 0 radical (unpaired) electrons. The summed E-state index contributed by atoms with van der Waals surface area (Å²) in [6.07, 6.45) is 0.155. The molecule has 1 aliphatic rings. The Bertz CT molecular complexity index is 397. The van der Waals surface area contributed by atoms with Crippen LogP contribution in [0.4, 0.5) is 10.1 Å². The average molecular weight is 239 g/mol. The summed E-state index contributed by atoms with van der Waals surface area (Å²) in [7, 11) is 0. The first-order valence-electron chi connectivity index (χ1n) is 5.89. The van der Waals surface area contributed by atoms with Crippen LogP contribution in [-0.4, -0.2) is 30.4 Å². The molecule has 2 unspecified atom stereocenters. The van der Waals surface area contributed by atoms with E-state index in [1.807, 2.05) is 6.92 Å². The molecular formula is C13H18FNO2. The zero-order valence-corrected chi connectivity index (χ0v) is 10.2. The normalized spacial score (nSPS) is 25.1. The van der Waals surface area contributed by atoms with E-state index in [4.69, 9.17) is 4.74 Å². The summed E-state index contributed by atoms with van der Waals surface area (Å²) in [6, 6.07) is 4.79. The van der Waals surface area contributed by atoms with Crippen LogP contribution in [0.15, 0.2) is 18.2 Å². The lowest BCUT2D eigenvalue weighted by atomic mass is 10.1. The Balaban J connectivity index is 2.31. The summed E-state index contributed by atoms with van der Waals surface area (Å²) < 4.78 is 18.7. The molecule has 0 bridgehead atoms. The molecule has 17 heavy (non-hydrogen) atoms. The summed E-state index contributed by atoms with van der Waals surface area (Å²) >= 11 is 0. The van der Waals surface area contributed by atoms with Gasteiger partial charge in [0.15, 0.2) is 0 Å². The van der Waals surface area contributed by atoms with Crippen LogP contribution in [0.1, 0.15) is 19.4 Å². The number of anilines is 1. The first-order chi connectivity index (χ1) is 8.11. The van der Waals surface area contributed by atoms with Crippen molar-refractivity contribution >= 4 is 5.69 Å². The molecule has 4 heteroatoms. The predicted molar refractivity (Wildman–Crippen MR) is 64.5 cm³/mol. The van der Waals surface area contributed by atoms with Crippen molar-refractivity contribution in [1.29, 1.82) is 0 Å². The first-order valence-corrected chi connectivity index (χ1v) is 5.89. The first kappa shape index (κ1) is 12.3. The topological polar surface area (TPSA) is 32.7 Å². The number of halogens is 1. The van der Waals surface area contributed by atoms with Gasteiger partial charge in [0.2, 0.25) is 0 Å². The van der Waals surface area contributed by atoms with Crippen LogP contribution in [-0.2, 0) is 11.3 Å². The van der Waals surface area contributed by atoms with Crippen LogP contribution >= 0.6 is 0 Å². The molecule has 3 nitrogen and oxygen atoms in total. The Labute approximate surface area is 101 Å². The van der Waals surface area contributed by atoms with E-state index in [1.54, 1.807) is 6.07 Å². The van der Waals surface area contributed by atoms with Crippen molar-refractivity contribution in [3.8, 4) is 0 Å². The van der Waals surface area contributed by atoms with E-state index >= 15 is 0 Å². The number of hydrogen-bond donors (Lipinski definition) is 1. The van der Waals surface area contributed by atoms with Crippen molar-refractivity contribution in [2.45, 2.75) is 32.6 Å². The molecule has 0 aliphatic carbocycles. The SMILES string of the molecule is CC1CN(c2ccc(F)cc2CO)C(C)CO1. The van der Waals surface area contributed by atoms with Gasteiger partial charge in [0.25, 0.3) is 0 Å². The highest BCUT2D eigenvalue weighted by atomic mass is 19.1. The highest BCUT2D eigenvalue weighted by Gasteiger charge is 2.25. The van der Waals surface area contributed by atoms with Gasteiger partial charge in [-0.1, -0.05) is 0 Å². The van der Waals surface area contributed by atoms with Crippen molar-refractivity contribution in [2.75, 3.05) is 18.1 Å². The van der Waals surface area contributed by atoms with Crippen molar-refractivity contribution < 1.29 is 14.2 Å². The molecule has 1 saturated heterocycles. The Morgan fingerprint density at radius 3 is 2.94 bits per heavy atom. The van der Waals surface area contributed by atoms with Gasteiger partial charge in [0.1, 0.15) is 5.82 Å². The second kappa shape index (κ2) is 5.02. The van der Waals surface area contributed by atoms with Gasteiger partial charge >= 0.3 is 0 Å². The minimum atomic E-state index is -0.313. The number of hydrogen-bond acceptors (Lipinski definition) is 3. The molecule has 1 aromatic carbocycles. The fourth-order valence-electron chi connectivity index (χ4n) is 2.20. The second-order valence-electron chi connectivity index (χ2n) is 4.58. The quantitative estimate of drug-likeness (QED) is 0.856. The van der Waals surface area contributed by atoms with Crippen LogP contribution in [0.5, 0.6) is 0 Å². The molecule has 1 N–H and O–H groups in total. The molecule has 1 fully saturated rings. The van der Waals surface area contributed by atoms with E-state index in [0.717, 1.165) is 12.2 Å². The van der Waals surface area contributed by atoms with Crippen molar-refractivity contribution in [3.63, 3.8) is 0 Å². The smallest absolute Gasteiger partial charge is 0.123 e. The zero-order valence-electron chi connectivity index (χ0n) is 10.2. The highest BCUT2D eigenvalue weighted by molar-refractivity contribution is 5.54. The summed E-state index contributed by atoms with van der Waals surface area (Å²) in [5.74, 6) is -0.313. The van der Waals surface area contributed by atoms with Crippen LogP contribution in [0.3, 0.4) is 0 Å². The van der Waals surface area contributed by atoms with E-state index in [9.17, 15) is 9.50 Å². The van der Waals surface area contributed by atoms with E-state index < -0.39 is 0 Å². The van der Waals surface area contributed by atoms with E-state index in [-0.39, 0.29) is 24.6 Å². The summed E-state index contributed by atoms with van der Waals surface area (Å²) in [5, 5.41) is 9.30. The van der Waals surface area contributed by atoms with Crippen LogP contribution < -0.4 is 4.90 Å². The number of aliphatic hydroxyl groups is 1. The molecule has 1 aliphatic heterocycles. The van der Waals surface area contributed by atoms with Crippen molar-refractivity contribution in [3.05, 3.63) is 29.6 Å². The van der Waals surface area contributed by atoms with Gasteiger partial charge < -0.3 is 14.7 Å². The highest BCUT2D eigenvalue weighted by Crippen LogP contribution is 2.26. The molecule has 2 atom stereocenters. The predicted octanol–water partition coefficient (Wildman–Crippen LogP) is 1.93. The minimum absolute atomic E-state index is 0.147. The lowest BCUT2D eigenvalue weighted by molar-refractivity contribution is 0.0342. The average Bonchev–Trinajstić information content (AvgIpc) is 2.32. The van der Waals surface area contributed by atoms with Crippen molar-refractivity contribution in [1.82, 2.24) is 0 Å². The Morgan fingerprint density at radius 2 is 2.24 bits per heavy atom. The third-order valence-electron chi connectivity index (χ3n) is 3.13. The lowest BCUT2D eigenvalue weighted by Crippen LogP contribution is -2.47. The number of benzene rings is 1. The van der Waals surface area contributed by atoms with E-state index in [0.29, 0.717) is 12.2 Å². The number of aliphatic hydroxyl groups excluding tert-OH is 1. The largest absolute Gasteiger partial charge is 0.392 e. The van der Waals surface area contributed by atoms with E-state index in [2.05, 4.69) is 11.8 Å². The fraction of sp³-hybridized carbons (Fsp3) is 0.538. The third kappa shape index (κ3) is 2.58. The Morgan fingerprint density at radius 1 is 1.47 bits per heavy atom. The van der Waals surface area contributed by atoms with Gasteiger partial charge in [-0.25, -0.2) is 4.39 Å². The van der Waals surface area contributed by atoms with Crippen LogP contribution in [0, 0.1) is 5.82 Å². The van der Waals surface area contributed by atoms with Crippen LogP contribution in [0.2, 0.25) is 0 Å². The van der Waals surface area contributed by atoms with E-state index in [1.165, 1.54) is 12.1 Å². The third-order valence-corrected chi connectivity index (χ3v) is 3.13. The second-order valence-corrected chi connectivity index (χ2v) is 4.58. The van der Waals surface area contributed by atoms with Crippen LogP contribution in [0.25, 0.3) is 0 Å². The fourth-order valence-corrected chi connectivity index (χ4v) is 2.20. The molecule has 0 spiro atoms. The number of rotatable bonds is 2. The molecule has 1 aromatic rings. The number of nitrogens with zero attached hydrogens (tertiary/aromatic N) is 1. The molecule has 1 heterocycles. The zero-order chi connectivity index (χ0) is 12.4. The molecule has 94 valence electrons. The summed E-state index contributed by atoms with van der Waals surface area (Å²) in [4.78, 5) is 2.17. The maximum Gasteiger partial charge on any atom is 0.123 e. The number of ether oxygens (including phenoxy) is 1.